The molecule has 68 valence electrons. The van der Waals surface area contributed by atoms with E-state index in [9.17, 15) is 8.42 Å². The molecule has 0 saturated carbocycles. The first-order valence-corrected chi connectivity index (χ1v) is 5.37. The van der Waals surface area contributed by atoms with Gasteiger partial charge in [-0.2, -0.15) is 12.8 Å². The summed E-state index contributed by atoms with van der Waals surface area (Å²) in [6.45, 7) is 3.64. The predicted molar refractivity (Wildman–Crippen MR) is 50.6 cm³/mol. The molecule has 0 amide bonds. The summed E-state index contributed by atoms with van der Waals surface area (Å²) in [6.07, 6.45) is 0. The molecular weight excluding hydrogens is 186 g/mol. The van der Waals surface area contributed by atoms with Gasteiger partial charge in [-0.25, -0.2) is 0 Å². The fourth-order valence-electron chi connectivity index (χ4n) is 1.43. The van der Waals surface area contributed by atoms with E-state index in [0.717, 1.165) is 11.1 Å². The smallest absolute Gasteiger partial charge is 0.199 e. The van der Waals surface area contributed by atoms with Crippen molar-refractivity contribution in [1.29, 1.82) is 0 Å². The van der Waals surface area contributed by atoms with Gasteiger partial charge in [0.1, 0.15) is 0 Å². The van der Waals surface area contributed by atoms with E-state index in [-0.39, 0.29) is 0 Å². The van der Waals surface area contributed by atoms with E-state index in [0.29, 0.717) is 10.6 Å². The Kier molecular flexibility index (Phi) is 1.57. The Balaban J connectivity index is 2.82. The monoisotopic (exact) mass is 195 g/mol. The van der Waals surface area contributed by atoms with Crippen molar-refractivity contribution in [2.45, 2.75) is 18.7 Å². The minimum Gasteiger partial charge on any atom is -0.199 e. The van der Waals surface area contributed by atoms with E-state index in [1.807, 2.05) is 13.0 Å². The van der Waals surface area contributed by atoms with Gasteiger partial charge in [-0.3, -0.25) is 0 Å². The largest absolute Gasteiger partial charge is 0.283 e. The summed E-state index contributed by atoms with van der Waals surface area (Å²) in [4.78, 5) is 0.329. The lowest BCUT2D eigenvalue weighted by atomic mass is 10.1. The first kappa shape index (κ1) is 8.44. The minimum absolute atomic E-state index is 0.329. The molecule has 0 spiro atoms. The van der Waals surface area contributed by atoms with Crippen molar-refractivity contribution in [3.05, 3.63) is 29.3 Å². The van der Waals surface area contributed by atoms with Crippen molar-refractivity contribution in [3.63, 3.8) is 0 Å². The van der Waals surface area contributed by atoms with Crippen molar-refractivity contribution >= 4 is 15.7 Å². The van der Waals surface area contributed by atoms with Crippen LogP contribution in [0.3, 0.4) is 0 Å². The highest BCUT2D eigenvalue weighted by molar-refractivity contribution is 7.90. The van der Waals surface area contributed by atoms with Gasteiger partial charge in [0.05, 0.1) is 10.6 Å². The van der Waals surface area contributed by atoms with E-state index < -0.39 is 10.0 Å². The Morgan fingerprint density at radius 2 is 1.92 bits per heavy atom. The molecule has 1 aliphatic heterocycles. The highest BCUT2D eigenvalue weighted by Gasteiger charge is 2.25. The van der Waals surface area contributed by atoms with Gasteiger partial charge in [0, 0.05) is 5.56 Å². The number of rotatable bonds is 0. The first-order valence-electron chi connectivity index (χ1n) is 3.93. The Bertz CT molecular complexity index is 500. The van der Waals surface area contributed by atoms with E-state index in [4.69, 9.17) is 0 Å². The maximum Gasteiger partial charge on any atom is 0.283 e. The van der Waals surface area contributed by atoms with E-state index in [1.165, 1.54) is 0 Å². The third-order valence-corrected chi connectivity index (χ3v) is 3.49. The molecule has 0 fully saturated rings. The van der Waals surface area contributed by atoms with Gasteiger partial charge in [-0.15, -0.1) is 0 Å². The average Bonchev–Trinajstić information content (AvgIpc) is 2.22. The Hall–Kier alpha value is -1.16. The Morgan fingerprint density at radius 3 is 2.62 bits per heavy atom. The zero-order valence-corrected chi connectivity index (χ0v) is 8.22. The van der Waals surface area contributed by atoms with Crippen molar-refractivity contribution in [2.75, 3.05) is 0 Å². The molecule has 1 aliphatic rings. The van der Waals surface area contributed by atoms with Crippen molar-refractivity contribution in [1.82, 2.24) is 0 Å². The number of benzene rings is 1. The molecule has 0 bridgehead atoms. The van der Waals surface area contributed by atoms with Gasteiger partial charge in [0.25, 0.3) is 10.0 Å². The topological polar surface area (TPSA) is 46.5 Å². The summed E-state index contributed by atoms with van der Waals surface area (Å²) in [5.74, 6) is 0. The number of aryl methyl sites for hydroxylation is 1. The number of fused-ring (bicyclic) bond motifs is 1. The van der Waals surface area contributed by atoms with Crippen LogP contribution in [0.15, 0.2) is 27.5 Å². The molecule has 3 nitrogen and oxygen atoms in total. The van der Waals surface area contributed by atoms with Gasteiger partial charge in [0.15, 0.2) is 0 Å². The van der Waals surface area contributed by atoms with Gasteiger partial charge in [-0.1, -0.05) is 11.6 Å². The highest BCUT2D eigenvalue weighted by Crippen LogP contribution is 2.26. The lowest BCUT2D eigenvalue weighted by Crippen LogP contribution is -1.94. The Labute approximate surface area is 77.2 Å². The van der Waals surface area contributed by atoms with Crippen molar-refractivity contribution in [3.8, 4) is 0 Å². The molecule has 0 radical (unpaired) electrons. The van der Waals surface area contributed by atoms with Gasteiger partial charge in [0.2, 0.25) is 0 Å². The Morgan fingerprint density at radius 1 is 1.23 bits per heavy atom. The molecule has 0 unspecified atom stereocenters. The third kappa shape index (κ3) is 1.18. The van der Waals surface area contributed by atoms with Crippen LogP contribution >= 0.6 is 0 Å². The summed E-state index contributed by atoms with van der Waals surface area (Å²) < 4.78 is 26.4. The predicted octanol–water partition coefficient (Wildman–Crippen LogP) is 1.51. The molecule has 1 heterocycles. The number of hydrogen-bond donors (Lipinski definition) is 0. The zero-order valence-electron chi connectivity index (χ0n) is 7.40. The second-order valence-corrected chi connectivity index (χ2v) is 4.72. The summed E-state index contributed by atoms with van der Waals surface area (Å²) in [6, 6.07) is 5.24. The molecule has 1 aromatic carbocycles. The summed E-state index contributed by atoms with van der Waals surface area (Å²) in [5.41, 5.74) is 2.36. The van der Waals surface area contributed by atoms with Crippen LogP contribution in [-0.4, -0.2) is 14.1 Å². The maximum atomic E-state index is 11.4. The van der Waals surface area contributed by atoms with Gasteiger partial charge < -0.3 is 0 Å². The molecule has 0 aromatic heterocycles. The molecule has 0 atom stereocenters. The third-order valence-electron chi connectivity index (χ3n) is 2.06. The number of sulfonamides is 1. The maximum absolute atomic E-state index is 11.4. The average molecular weight is 195 g/mol. The number of nitrogens with zero attached hydrogens (tertiary/aromatic N) is 1. The van der Waals surface area contributed by atoms with Crippen molar-refractivity contribution < 1.29 is 8.42 Å². The standard InChI is InChI=1S/C9H9NO2S/c1-6-3-4-9-8(5-6)7(2)10-13(9,11)12/h3-5H,1-2H3. The lowest BCUT2D eigenvalue weighted by Gasteiger charge is -1.98. The van der Waals surface area contributed by atoms with Crippen LogP contribution < -0.4 is 0 Å². The first-order chi connectivity index (χ1) is 6.00. The molecule has 0 aliphatic carbocycles. The van der Waals surface area contributed by atoms with Crippen LogP contribution in [0, 0.1) is 6.92 Å². The molecule has 0 N–H and O–H groups in total. The van der Waals surface area contributed by atoms with Crippen LogP contribution in [0.4, 0.5) is 0 Å². The summed E-state index contributed by atoms with van der Waals surface area (Å²) in [5, 5.41) is 0. The second-order valence-electron chi connectivity index (χ2n) is 3.15. The fraction of sp³-hybridized carbons (Fsp3) is 0.222. The highest BCUT2D eigenvalue weighted by atomic mass is 32.2. The lowest BCUT2D eigenvalue weighted by molar-refractivity contribution is 0.599. The van der Waals surface area contributed by atoms with E-state index in [1.54, 1.807) is 19.1 Å². The van der Waals surface area contributed by atoms with Crippen LogP contribution in [0.1, 0.15) is 18.1 Å². The van der Waals surface area contributed by atoms with Crippen molar-refractivity contribution in [2.24, 2.45) is 4.40 Å². The molecule has 2 rings (SSSR count). The second kappa shape index (κ2) is 2.42. The molecule has 4 heteroatoms. The molecule has 1 aromatic rings. The molecule has 13 heavy (non-hydrogen) atoms. The zero-order chi connectivity index (χ0) is 9.64. The quantitative estimate of drug-likeness (QED) is 0.630. The van der Waals surface area contributed by atoms with Gasteiger partial charge >= 0.3 is 0 Å². The molecule has 0 saturated heterocycles. The van der Waals surface area contributed by atoms with Crippen LogP contribution in [-0.2, 0) is 10.0 Å². The molecular formula is C9H9NO2S. The summed E-state index contributed by atoms with van der Waals surface area (Å²) in [7, 11) is -3.38. The van der Waals surface area contributed by atoms with Crippen LogP contribution in [0.25, 0.3) is 0 Å². The fourth-order valence-corrected chi connectivity index (χ4v) is 2.71. The van der Waals surface area contributed by atoms with E-state index in [2.05, 4.69) is 4.40 Å². The normalized spacial score (nSPS) is 18.2. The summed E-state index contributed by atoms with van der Waals surface area (Å²) >= 11 is 0. The SMILES string of the molecule is CC1=NS(=O)(=O)c2ccc(C)cc21. The van der Waals surface area contributed by atoms with Crippen LogP contribution in [0.5, 0.6) is 0 Å². The number of hydrogen-bond acceptors (Lipinski definition) is 2. The van der Waals surface area contributed by atoms with E-state index >= 15 is 0 Å². The minimum atomic E-state index is -3.38. The van der Waals surface area contributed by atoms with Gasteiger partial charge in [-0.05, 0) is 26.0 Å². The van der Waals surface area contributed by atoms with Crippen LogP contribution in [0.2, 0.25) is 0 Å².